The second kappa shape index (κ2) is 8.11. The summed E-state index contributed by atoms with van der Waals surface area (Å²) in [6.45, 7) is 0. The first-order chi connectivity index (χ1) is 12.5. The number of hydrogen-bond donors (Lipinski definition) is 2. The zero-order valence-corrected chi connectivity index (χ0v) is 16.2. The third-order valence-electron chi connectivity index (χ3n) is 3.85. The Labute approximate surface area is 163 Å². The molecule has 1 aliphatic rings. The SMILES string of the molecule is COc1cc([C@H]2N[C@@H](C(=O)O)CS2)ccc1OC(=O)c1ccc(Br)cc1. The molecular formula is C18H16BrNO5S. The second-order valence-corrected chi connectivity index (χ2v) is 7.63. The van der Waals surface area contributed by atoms with Crippen LogP contribution in [0.3, 0.4) is 0 Å². The third-order valence-corrected chi connectivity index (χ3v) is 5.65. The highest BCUT2D eigenvalue weighted by molar-refractivity contribution is 9.10. The molecule has 2 aromatic carbocycles. The van der Waals surface area contributed by atoms with Gasteiger partial charge in [0.05, 0.1) is 18.0 Å². The molecule has 0 spiro atoms. The van der Waals surface area contributed by atoms with Crippen molar-refractivity contribution < 1.29 is 24.2 Å². The fourth-order valence-electron chi connectivity index (χ4n) is 2.48. The van der Waals surface area contributed by atoms with E-state index in [-0.39, 0.29) is 5.37 Å². The summed E-state index contributed by atoms with van der Waals surface area (Å²) in [5, 5.41) is 12.0. The molecule has 0 amide bonds. The molecule has 3 rings (SSSR count). The second-order valence-electron chi connectivity index (χ2n) is 5.58. The van der Waals surface area contributed by atoms with Gasteiger partial charge < -0.3 is 14.6 Å². The number of carboxylic acids is 1. The first-order valence-electron chi connectivity index (χ1n) is 7.74. The fraction of sp³-hybridized carbons (Fsp3) is 0.222. The minimum absolute atomic E-state index is 0.152. The number of carbonyl (C=O) groups is 2. The quantitative estimate of drug-likeness (QED) is 0.546. The van der Waals surface area contributed by atoms with Gasteiger partial charge in [-0.1, -0.05) is 22.0 Å². The highest BCUT2D eigenvalue weighted by atomic mass is 79.9. The van der Waals surface area contributed by atoms with Gasteiger partial charge in [-0.2, -0.15) is 0 Å². The summed E-state index contributed by atoms with van der Waals surface area (Å²) in [6, 6.07) is 11.5. The molecule has 1 fully saturated rings. The molecule has 1 aliphatic heterocycles. The van der Waals surface area contributed by atoms with Gasteiger partial charge in [-0.3, -0.25) is 10.1 Å². The summed E-state index contributed by atoms with van der Waals surface area (Å²) in [6.07, 6.45) is 0. The zero-order chi connectivity index (χ0) is 18.7. The van der Waals surface area contributed by atoms with Crippen molar-refractivity contribution in [1.29, 1.82) is 0 Å². The van der Waals surface area contributed by atoms with Crippen LogP contribution in [0.2, 0.25) is 0 Å². The van der Waals surface area contributed by atoms with E-state index in [1.165, 1.54) is 18.9 Å². The number of carboxylic acid groups (broad SMARTS) is 1. The molecule has 0 unspecified atom stereocenters. The summed E-state index contributed by atoms with van der Waals surface area (Å²) < 4.78 is 11.6. The minimum Gasteiger partial charge on any atom is -0.493 e. The minimum atomic E-state index is -0.869. The molecule has 0 radical (unpaired) electrons. The number of thioether (sulfide) groups is 1. The van der Waals surface area contributed by atoms with Gasteiger partial charge in [0.15, 0.2) is 11.5 Å². The van der Waals surface area contributed by atoms with Crippen molar-refractivity contribution in [1.82, 2.24) is 5.32 Å². The van der Waals surface area contributed by atoms with Crippen LogP contribution in [0.25, 0.3) is 0 Å². The lowest BCUT2D eigenvalue weighted by Gasteiger charge is -2.15. The first-order valence-corrected chi connectivity index (χ1v) is 9.58. The van der Waals surface area contributed by atoms with E-state index in [1.54, 1.807) is 42.5 Å². The van der Waals surface area contributed by atoms with Gasteiger partial charge >= 0.3 is 11.9 Å². The summed E-state index contributed by atoms with van der Waals surface area (Å²) in [5.41, 5.74) is 1.29. The molecule has 26 heavy (non-hydrogen) atoms. The Morgan fingerprint density at radius 2 is 1.92 bits per heavy atom. The van der Waals surface area contributed by atoms with Crippen molar-refractivity contribution in [2.45, 2.75) is 11.4 Å². The Bertz CT molecular complexity index is 827. The van der Waals surface area contributed by atoms with Gasteiger partial charge in [0.25, 0.3) is 0 Å². The molecule has 1 saturated heterocycles. The number of carbonyl (C=O) groups excluding carboxylic acids is 1. The summed E-state index contributed by atoms with van der Waals surface area (Å²) in [4.78, 5) is 23.3. The zero-order valence-electron chi connectivity index (χ0n) is 13.8. The van der Waals surface area contributed by atoms with Crippen LogP contribution in [0.1, 0.15) is 21.3 Å². The number of benzene rings is 2. The van der Waals surface area contributed by atoms with E-state index in [0.717, 1.165) is 10.0 Å². The van der Waals surface area contributed by atoms with Crippen LogP contribution < -0.4 is 14.8 Å². The number of nitrogens with one attached hydrogen (secondary N) is 1. The lowest BCUT2D eigenvalue weighted by molar-refractivity contribution is -0.138. The smallest absolute Gasteiger partial charge is 0.343 e. The number of esters is 1. The van der Waals surface area contributed by atoms with Gasteiger partial charge in [0.1, 0.15) is 6.04 Å². The van der Waals surface area contributed by atoms with Crippen molar-refractivity contribution in [3.63, 3.8) is 0 Å². The standard InChI is InChI=1S/C18H16BrNO5S/c1-24-15-8-11(16-20-13(9-26-16)17(21)22)4-7-14(15)25-18(23)10-2-5-12(19)6-3-10/h2-8,13,16,20H,9H2,1H3,(H,21,22)/t13-,16+/m1/s1. The monoisotopic (exact) mass is 437 g/mol. The molecule has 0 aromatic heterocycles. The predicted molar refractivity (Wildman–Crippen MR) is 102 cm³/mol. The Morgan fingerprint density at radius 1 is 1.19 bits per heavy atom. The van der Waals surface area contributed by atoms with Crippen molar-refractivity contribution in [2.24, 2.45) is 0 Å². The van der Waals surface area contributed by atoms with Crippen LogP contribution in [0.5, 0.6) is 11.5 Å². The molecular weight excluding hydrogens is 422 g/mol. The number of aliphatic carboxylic acids is 1. The van der Waals surface area contributed by atoms with Crippen molar-refractivity contribution >= 4 is 39.6 Å². The van der Waals surface area contributed by atoms with E-state index in [1.807, 2.05) is 0 Å². The molecule has 0 aliphatic carbocycles. The summed E-state index contributed by atoms with van der Waals surface area (Å²) in [7, 11) is 1.49. The summed E-state index contributed by atoms with van der Waals surface area (Å²) in [5.74, 6) is -0.145. The highest BCUT2D eigenvalue weighted by Crippen LogP contribution is 2.37. The van der Waals surface area contributed by atoms with Gasteiger partial charge in [0, 0.05) is 10.2 Å². The first kappa shape index (κ1) is 18.8. The van der Waals surface area contributed by atoms with E-state index in [0.29, 0.717) is 22.8 Å². The lowest BCUT2D eigenvalue weighted by atomic mass is 10.2. The maximum atomic E-state index is 12.3. The van der Waals surface area contributed by atoms with E-state index in [2.05, 4.69) is 21.2 Å². The predicted octanol–water partition coefficient (Wildman–Crippen LogP) is 3.47. The van der Waals surface area contributed by atoms with Crippen molar-refractivity contribution in [3.8, 4) is 11.5 Å². The molecule has 2 aromatic rings. The van der Waals surface area contributed by atoms with Gasteiger partial charge in [-0.15, -0.1) is 11.8 Å². The van der Waals surface area contributed by atoms with Crippen LogP contribution in [0.15, 0.2) is 46.9 Å². The van der Waals surface area contributed by atoms with Gasteiger partial charge in [-0.05, 0) is 42.0 Å². The summed E-state index contributed by atoms with van der Waals surface area (Å²) >= 11 is 4.83. The lowest BCUT2D eigenvalue weighted by Crippen LogP contribution is -2.33. The average molecular weight is 438 g/mol. The highest BCUT2D eigenvalue weighted by Gasteiger charge is 2.30. The number of rotatable bonds is 5. The maximum Gasteiger partial charge on any atom is 0.343 e. The van der Waals surface area contributed by atoms with Crippen molar-refractivity contribution in [3.05, 3.63) is 58.1 Å². The number of methoxy groups -OCH3 is 1. The number of ether oxygens (including phenoxy) is 2. The third kappa shape index (κ3) is 4.20. The Hall–Kier alpha value is -2.03. The largest absolute Gasteiger partial charge is 0.493 e. The molecule has 136 valence electrons. The van der Waals surface area contributed by atoms with Crippen LogP contribution in [-0.2, 0) is 4.79 Å². The Balaban J connectivity index is 1.76. The van der Waals surface area contributed by atoms with Gasteiger partial charge in [-0.25, -0.2) is 4.79 Å². The molecule has 8 heteroatoms. The Morgan fingerprint density at radius 3 is 2.54 bits per heavy atom. The van der Waals surface area contributed by atoms with E-state index in [4.69, 9.17) is 14.6 Å². The van der Waals surface area contributed by atoms with E-state index < -0.39 is 18.0 Å². The Kier molecular flexibility index (Phi) is 5.85. The van der Waals surface area contributed by atoms with E-state index >= 15 is 0 Å². The van der Waals surface area contributed by atoms with Crippen LogP contribution in [0.4, 0.5) is 0 Å². The van der Waals surface area contributed by atoms with Crippen LogP contribution >= 0.6 is 27.7 Å². The normalized spacial score (nSPS) is 19.2. The average Bonchev–Trinajstić information content (AvgIpc) is 3.13. The van der Waals surface area contributed by atoms with Crippen LogP contribution in [-0.4, -0.2) is 35.9 Å². The molecule has 6 nitrogen and oxygen atoms in total. The number of hydrogen-bond acceptors (Lipinski definition) is 6. The maximum absolute atomic E-state index is 12.3. The fourth-order valence-corrected chi connectivity index (χ4v) is 3.97. The molecule has 1 heterocycles. The van der Waals surface area contributed by atoms with E-state index in [9.17, 15) is 9.59 Å². The van der Waals surface area contributed by atoms with Gasteiger partial charge in [0.2, 0.25) is 0 Å². The van der Waals surface area contributed by atoms with Crippen LogP contribution in [0, 0.1) is 0 Å². The molecule has 0 bridgehead atoms. The molecule has 2 N–H and O–H groups in total. The molecule has 2 atom stereocenters. The van der Waals surface area contributed by atoms with Crippen molar-refractivity contribution in [2.75, 3.05) is 12.9 Å². The number of halogens is 1. The topological polar surface area (TPSA) is 84.9 Å². The molecule has 0 saturated carbocycles.